The quantitative estimate of drug-likeness (QED) is 0.229. The first kappa shape index (κ1) is 26.4. The van der Waals surface area contributed by atoms with Crippen LogP contribution in [0.15, 0.2) is 54.6 Å². The zero-order chi connectivity index (χ0) is 22.8. The number of aliphatic hydroxyl groups is 1. The van der Waals surface area contributed by atoms with Crippen LogP contribution >= 0.6 is 0 Å². The number of aliphatic hydroxyl groups excluding tert-OH is 1. The predicted octanol–water partition coefficient (Wildman–Crippen LogP) is 1.41. The molecule has 0 saturated heterocycles. The van der Waals surface area contributed by atoms with Crippen molar-refractivity contribution in [3.05, 3.63) is 60.2 Å². The van der Waals surface area contributed by atoms with Crippen molar-refractivity contribution in [3.8, 4) is 23.5 Å². The van der Waals surface area contributed by atoms with Gasteiger partial charge in [-0.05, 0) is 23.6 Å². The summed E-state index contributed by atoms with van der Waals surface area (Å²) in [6.45, 7) is 1.27. The van der Waals surface area contributed by atoms with Gasteiger partial charge in [0.25, 0.3) is 5.91 Å². The highest BCUT2D eigenvalue weighted by atomic mass is 16.5. The normalized spacial score (nSPS) is 12.8. The van der Waals surface area contributed by atoms with Gasteiger partial charge in [-0.15, -0.1) is 12.3 Å². The molecule has 0 fully saturated rings. The van der Waals surface area contributed by atoms with E-state index in [0.717, 1.165) is 16.7 Å². The minimum atomic E-state index is -1.40. The molecule has 0 heterocycles. The third-order valence-electron chi connectivity index (χ3n) is 4.57. The number of nitrogens with one attached hydrogen (secondary N) is 3. The second kappa shape index (κ2) is 12.9. The number of terminal acetylenes is 1. The molecule has 0 bridgehead atoms. The summed E-state index contributed by atoms with van der Waals surface area (Å²) in [7, 11) is 0. The molecule has 2 aromatic carbocycles. The Labute approximate surface area is 188 Å². The van der Waals surface area contributed by atoms with Crippen LogP contribution in [0.5, 0.6) is 0 Å². The molecule has 0 radical (unpaired) electrons. The zero-order valence-electron chi connectivity index (χ0n) is 17.0. The van der Waals surface area contributed by atoms with Crippen molar-refractivity contribution < 1.29 is 24.7 Å². The first-order valence-corrected chi connectivity index (χ1v) is 9.65. The van der Waals surface area contributed by atoms with Crippen molar-refractivity contribution >= 4 is 17.7 Å². The molecule has 32 heavy (non-hydrogen) atoms. The van der Waals surface area contributed by atoms with Crippen molar-refractivity contribution in [2.75, 3.05) is 0 Å². The van der Waals surface area contributed by atoms with E-state index in [-0.39, 0.29) is 20.3 Å². The third-order valence-corrected chi connectivity index (χ3v) is 4.57. The van der Waals surface area contributed by atoms with Gasteiger partial charge >= 0.3 is 0 Å². The van der Waals surface area contributed by atoms with Gasteiger partial charge in [-0.25, -0.2) is 5.48 Å². The lowest BCUT2D eigenvalue weighted by Gasteiger charge is -2.23. The number of benzene rings is 2. The SMILES string of the molecule is C.C#CC[C@H](NC(=O)Cc1ccc(-c2ccccc2)cc1)C(=O)N[C@H](C(=O)NO)[C@@H](C)O. The monoisotopic (exact) mass is 439 g/mol. The topological polar surface area (TPSA) is 128 Å². The van der Waals surface area contributed by atoms with Gasteiger partial charge in [0, 0.05) is 6.42 Å². The Kier molecular flexibility index (Phi) is 10.6. The summed E-state index contributed by atoms with van der Waals surface area (Å²) in [6, 6.07) is 14.8. The first-order valence-electron chi connectivity index (χ1n) is 9.65. The van der Waals surface area contributed by atoms with E-state index in [1.54, 1.807) is 0 Å². The van der Waals surface area contributed by atoms with Crippen molar-refractivity contribution in [3.63, 3.8) is 0 Å². The van der Waals surface area contributed by atoms with Gasteiger partial charge in [-0.2, -0.15) is 0 Å². The molecule has 2 rings (SSSR count). The van der Waals surface area contributed by atoms with Crippen molar-refractivity contribution in [2.24, 2.45) is 0 Å². The van der Waals surface area contributed by atoms with E-state index in [2.05, 4.69) is 16.6 Å². The fraction of sp³-hybridized carbons (Fsp3) is 0.292. The summed E-state index contributed by atoms with van der Waals surface area (Å²) in [5.41, 5.74) is 4.19. The first-order chi connectivity index (χ1) is 14.8. The largest absolute Gasteiger partial charge is 0.391 e. The Morgan fingerprint density at radius 3 is 2.09 bits per heavy atom. The minimum absolute atomic E-state index is 0. The average Bonchev–Trinajstić information content (AvgIpc) is 2.77. The number of carbonyl (C=O) groups is 3. The fourth-order valence-corrected chi connectivity index (χ4v) is 2.93. The highest BCUT2D eigenvalue weighted by molar-refractivity contribution is 5.92. The molecule has 0 aromatic heterocycles. The Balaban J connectivity index is 0.00000512. The number of hydroxylamine groups is 1. The minimum Gasteiger partial charge on any atom is -0.391 e. The van der Waals surface area contributed by atoms with Gasteiger partial charge in [0.15, 0.2) is 0 Å². The Bertz CT molecular complexity index is 936. The van der Waals surface area contributed by atoms with Crippen LogP contribution in [0.2, 0.25) is 0 Å². The Hall–Kier alpha value is -3.67. The lowest BCUT2D eigenvalue weighted by atomic mass is 10.0. The molecule has 0 spiro atoms. The van der Waals surface area contributed by atoms with Crippen LogP contribution in [0.25, 0.3) is 11.1 Å². The molecule has 2 aromatic rings. The van der Waals surface area contributed by atoms with Crippen LogP contribution in [0, 0.1) is 12.3 Å². The van der Waals surface area contributed by atoms with E-state index in [4.69, 9.17) is 11.6 Å². The smallest absolute Gasteiger partial charge is 0.268 e. The zero-order valence-corrected chi connectivity index (χ0v) is 17.0. The van der Waals surface area contributed by atoms with E-state index in [1.807, 2.05) is 54.6 Å². The van der Waals surface area contributed by atoms with Gasteiger partial charge in [-0.1, -0.05) is 62.0 Å². The molecule has 170 valence electrons. The van der Waals surface area contributed by atoms with Gasteiger partial charge in [0.1, 0.15) is 12.1 Å². The summed E-state index contributed by atoms with van der Waals surface area (Å²) in [5, 5.41) is 23.2. The van der Waals surface area contributed by atoms with Crippen molar-refractivity contribution in [1.29, 1.82) is 0 Å². The summed E-state index contributed by atoms with van der Waals surface area (Å²) < 4.78 is 0. The molecule has 8 nitrogen and oxygen atoms in total. The molecule has 0 aliphatic carbocycles. The van der Waals surface area contributed by atoms with E-state index >= 15 is 0 Å². The van der Waals surface area contributed by atoms with Crippen LogP contribution in [-0.2, 0) is 20.8 Å². The number of carbonyl (C=O) groups excluding carboxylic acids is 3. The van der Waals surface area contributed by atoms with Gasteiger partial charge in [0.2, 0.25) is 11.8 Å². The van der Waals surface area contributed by atoms with Crippen LogP contribution < -0.4 is 16.1 Å². The average molecular weight is 440 g/mol. The molecule has 0 saturated carbocycles. The maximum Gasteiger partial charge on any atom is 0.268 e. The summed E-state index contributed by atoms with van der Waals surface area (Å²) in [6.07, 6.45) is 3.93. The second-order valence-electron chi connectivity index (χ2n) is 6.97. The number of hydrogen-bond acceptors (Lipinski definition) is 5. The van der Waals surface area contributed by atoms with E-state index < -0.39 is 35.9 Å². The van der Waals surface area contributed by atoms with E-state index in [0.29, 0.717) is 0 Å². The summed E-state index contributed by atoms with van der Waals surface area (Å²) >= 11 is 0. The van der Waals surface area contributed by atoms with Gasteiger partial charge in [-0.3, -0.25) is 19.6 Å². The van der Waals surface area contributed by atoms with Crippen LogP contribution in [0.1, 0.15) is 26.3 Å². The van der Waals surface area contributed by atoms with Gasteiger partial charge in [0.05, 0.1) is 12.5 Å². The highest BCUT2D eigenvalue weighted by Crippen LogP contribution is 2.19. The molecule has 0 unspecified atom stereocenters. The van der Waals surface area contributed by atoms with Crippen molar-refractivity contribution in [1.82, 2.24) is 16.1 Å². The summed E-state index contributed by atoms with van der Waals surface area (Å²) in [5.74, 6) is 0.131. The second-order valence-corrected chi connectivity index (χ2v) is 6.97. The molecule has 3 atom stereocenters. The van der Waals surface area contributed by atoms with Gasteiger partial charge < -0.3 is 15.7 Å². The number of amides is 3. The lowest BCUT2D eigenvalue weighted by Crippen LogP contribution is -2.56. The van der Waals surface area contributed by atoms with E-state index in [1.165, 1.54) is 12.4 Å². The number of hydrogen-bond donors (Lipinski definition) is 5. The molecule has 0 aliphatic rings. The number of rotatable bonds is 9. The Morgan fingerprint density at radius 1 is 0.969 bits per heavy atom. The standard InChI is InChI=1S/C23H25N3O5.CH4/c1-3-7-19(22(29)25-21(15(2)27)23(30)26-31)24-20(28)14-16-10-12-18(13-11-16)17-8-5-4-6-9-17;/h1,4-6,8-13,15,19,21,27,31H,7,14H2,2H3,(H,24,28)(H,25,29)(H,26,30);1H4/t15-,19+,21+;/m1./s1. The molecular weight excluding hydrogens is 410 g/mol. The molecule has 8 heteroatoms. The fourth-order valence-electron chi connectivity index (χ4n) is 2.93. The molecule has 5 N–H and O–H groups in total. The molecule has 3 amide bonds. The van der Waals surface area contributed by atoms with Crippen molar-refractivity contribution in [2.45, 2.75) is 45.4 Å². The summed E-state index contributed by atoms with van der Waals surface area (Å²) in [4.78, 5) is 36.5. The van der Waals surface area contributed by atoms with Crippen LogP contribution in [0.4, 0.5) is 0 Å². The predicted molar refractivity (Wildman–Crippen MR) is 121 cm³/mol. The maximum atomic E-state index is 12.5. The lowest BCUT2D eigenvalue weighted by molar-refractivity contribution is -0.138. The van der Waals surface area contributed by atoms with Crippen LogP contribution in [0.3, 0.4) is 0 Å². The van der Waals surface area contributed by atoms with E-state index in [9.17, 15) is 19.5 Å². The third kappa shape index (κ3) is 7.54. The highest BCUT2D eigenvalue weighted by Gasteiger charge is 2.29. The maximum absolute atomic E-state index is 12.5. The molecular formula is C24H29N3O5. The Morgan fingerprint density at radius 2 is 1.56 bits per heavy atom. The molecule has 0 aliphatic heterocycles. The van der Waals surface area contributed by atoms with Crippen LogP contribution in [-0.4, -0.2) is 46.2 Å².